The van der Waals surface area contributed by atoms with Crippen LogP contribution in [-0.2, 0) is 6.42 Å². The van der Waals surface area contributed by atoms with Crippen molar-refractivity contribution in [3.63, 3.8) is 0 Å². The summed E-state index contributed by atoms with van der Waals surface area (Å²) in [5, 5.41) is 0.421. The van der Waals surface area contributed by atoms with E-state index < -0.39 is 6.09 Å². The lowest BCUT2D eigenvalue weighted by Gasteiger charge is -2.32. The molecule has 0 radical (unpaired) electrons. The maximum absolute atomic E-state index is 11.8. The molecule has 0 saturated heterocycles. The van der Waals surface area contributed by atoms with Gasteiger partial charge in [-0.05, 0) is 29.5 Å². The SMILES string of the molecule is CC1c2cc(Cl)c(OC(=O)N(C)C)cc2OCC1Cc1ccccc1. The molecule has 4 nitrogen and oxygen atoms in total. The van der Waals surface area contributed by atoms with Crippen LogP contribution in [0.3, 0.4) is 0 Å². The molecule has 1 heterocycles. The van der Waals surface area contributed by atoms with Crippen LogP contribution in [0.2, 0.25) is 5.02 Å². The summed E-state index contributed by atoms with van der Waals surface area (Å²) >= 11 is 6.33. The Bertz CT molecular complexity index is 761. The Morgan fingerprint density at radius 3 is 2.68 bits per heavy atom. The van der Waals surface area contributed by atoms with Gasteiger partial charge >= 0.3 is 6.09 Å². The van der Waals surface area contributed by atoms with E-state index in [0.717, 1.165) is 17.7 Å². The largest absolute Gasteiger partial charge is 0.493 e. The molecule has 5 heteroatoms. The fraction of sp³-hybridized carbons (Fsp3) is 0.350. The van der Waals surface area contributed by atoms with E-state index in [1.807, 2.05) is 12.1 Å². The molecule has 1 aliphatic heterocycles. The number of halogens is 1. The van der Waals surface area contributed by atoms with Crippen molar-refractivity contribution in [3.05, 3.63) is 58.6 Å². The summed E-state index contributed by atoms with van der Waals surface area (Å²) in [6.07, 6.45) is 0.490. The molecule has 0 N–H and O–H groups in total. The van der Waals surface area contributed by atoms with E-state index in [2.05, 4.69) is 31.2 Å². The number of nitrogens with zero attached hydrogens (tertiary/aromatic N) is 1. The van der Waals surface area contributed by atoms with Crippen molar-refractivity contribution in [2.24, 2.45) is 5.92 Å². The average molecular weight is 360 g/mol. The van der Waals surface area contributed by atoms with Gasteiger partial charge in [0.25, 0.3) is 0 Å². The molecule has 1 amide bonds. The third-order valence-electron chi connectivity index (χ3n) is 4.62. The summed E-state index contributed by atoms with van der Waals surface area (Å²) < 4.78 is 11.3. The first-order valence-electron chi connectivity index (χ1n) is 8.35. The molecule has 0 spiro atoms. The van der Waals surface area contributed by atoms with E-state index in [0.29, 0.717) is 29.2 Å². The predicted octanol–water partition coefficient (Wildman–Crippen LogP) is 4.76. The van der Waals surface area contributed by atoms with Gasteiger partial charge in [-0.1, -0.05) is 48.9 Å². The molecular formula is C20H22ClNO3. The van der Waals surface area contributed by atoms with Crippen molar-refractivity contribution in [2.45, 2.75) is 19.3 Å². The highest BCUT2D eigenvalue weighted by Gasteiger charge is 2.29. The maximum Gasteiger partial charge on any atom is 0.414 e. The van der Waals surface area contributed by atoms with Crippen LogP contribution in [0.4, 0.5) is 4.79 Å². The van der Waals surface area contributed by atoms with Crippen LogP contribution in [-0.4, -0.2) is 31.7 Å². The minimum atomic E-state index is -0.465. The molecule has 2 aromatic rings. The number of fused-ring (bicyclic) bond motifs is 1. The van der Waals surface area contributed by atoms with Crippen LogP contribution in [0.25, 0.3) is 0 Å². The zero-order chi connectivity index (χ0) is 18.0. The van der Waals surface area contributed by atoms with E-state index in [9.17, 15) is 4.79 Å². The van der Waals surface area contributed by atoms with Gasteiger partial charge in [0.15, 0.2) is 5.75 Å². The van der Waals surface area contributed by atoms with Gasteiger partial charge < -0.3 is 14.4 Å². The fourth-order valence-corrected chi connectivity index (χ4v) is 3.25. The molecule has 2 atom stereocenters. The second-order valence-corrected chi connectivity index (χ2v) is 7.04. The molecule has 0 bridgehead atoms. The quantitative estimate of drug-likeness (QED) is 0.793. The zero-order valence-electron chi connectivity index (χ0n) is 14.7. The molecule has 1 aliphatic rings. The molecule has 2 unspecified atom stereocenters. The molecule has 2 aromatic carbocycles. The Morgan fingerprint density at radius 2 is 2.00 bits per heavy atom. The van der Waals surface area contributed by atoms with Crippen LogP contribution < -0.4 is 9.47 Å². The summed E-state index contributed by atoms with van der Waals surface area (Å²) in [4.78, 5) is 13.1. The molecule has 0 fully saturated rings. The van der Waals surface area contributed by atoms with Crippen LogP contribution in [0, 0.1) is 5.92 Å². The summed E-state index contributed by atoms with van der Waals surface area (Å²) in [7, 11) is 3.25. The Balaban J connectivity index is 1.80. The lowest BCUT2D eigenvalue weighted by Crippen LogP contribution is -2.27. The van der Waals surface area contributed by atoms with Gasteiger partial charge in [0.1, 0.15) is 5.75 Å². The normalized spacial score (nSPS) is 18.9. The van der Waals surface area contributed by atoms with Crippen molar-refractivity contribution in [2.75, 3.05) is 20.7 Å². The van der Waals surface area contributed by atoms with Crippen molar-refractivity contribution in [1.29, 1.82) is 0 Å². The molecule has 0 aromatic heterocycles. The minimum absolute atomic E-state index is 0.306. The smallest absolute Gasteiger partial charge is 0.414 e. The minimum Gasteiger partial charge on any atom is -0.493 e. The maximum atomic E-state index is 11.8. The van der Waals surface area contributed by atoms with Crippen molar-refractivity contribution < 1.29 is 14.3 Å². The molecule has 25 heavy (non-hydrogen) atoms. The number of rotatable bonds is 3. The van der Waals surface area contributed by atoms with E-state index in [-0.39, 0.29) is 0 Å². The molecule has 3 rings (SSSR count). The first-order chi connectivity index (χ1) is 12.0. The summed E-state index contributed by atoms with van der Waals surface area (Å²) in [6.45, 7) is 2.82. The van der Waals surface area contributed by atoms with Crippen LogP contribution in [0.15, 0.2) is 42.5 Å². The predicted molar refractivity (Wildman–Crippen MR) is 98.7 cm³/mol. The Labute approximate surface area is 153 Å². The standard InChI is InChI=1S/C20H22ClNO3/c1-13-15(9-14-7-5-4-6-8-14)12-24-18-11-19(17(21)10-16(13)18)25-20(23)22(2)3/h4-8,10-11,13,15H,9,12H2,1-3H3. The number of amides is 1. The van der Waals surface area contributed by atoms with Gasteiger partial charge in [-0.2, -0.15) is 0 Å². The molecule has 0 saturated carbocycles. The van der Waals surface area contributed by atoms with E-state index in [1.54, 1.807) is 20.2 Å². The summed E-state index contributed by atoms with van der Waals surface area (Å²) in [5.74, 6) is 1.75. The van der Waals surface area contributed by atoms with Crippen LogP contribution in [0.1, 0.15) is 24.0 Å². The van der Waals surface area contributed by atoms with Crippen LogP contribution >= 0.6 is 11.6 Å². The Hall–Kier alpha value is -2.20. The molecule has 0 aliphatic carbocycles. The van der Waals surface area contributed by atoms with Crippen molar-refractivity contribution in [3.8, 4) is 11.5 Å². The van der Waals surface area contributed by atoms with Crippen LogP contribution in [0.5, 0.6) is 11.5 Å². The molecular weight excluding hydrogens is 338 g/mol. The highest BCUT2D eigenvalue weighted by Crippen LogP contribution is 2.43. The van der Waals surface area contributed by atoms with E-state index in [4.69, 9.17) is 21.1 Å². The van der Waals surface area contributed by atoms with Gasteiger partial charge in [0, 0.05) is 26.1 Å². The first kappa shape index (κ1) is 17.6. The highest BCUT2D eigenvalue weighted by atomic mass is 35.5. The third-order valence-corrected chi connectivity index (χ3v) is 4.91. The zero-order valence-corrected chi connectivity index (χ0v) is 15.4. The summed E-state index contributed by atoms with van der Waals surface area (Å²) in [6, 6.07) is 14.0. The number of carbonyl (C=O) groups excluding carboxylic acids is 1. The monoisotopic (exact) mass is 359 g/mol. The Morgan fingerprint density at radius 1 is 1.28 bits per heavy atom. The Kier molecular flexibility index (Phi) is 5.19. The number of benzene rings is 2. The van der Waals surface area contributed by atoms with Gasteiger partial charge in [-0.25, -0.2) is 4.79 Å². The number of carbonyl (C=O) groups is 1. The number of hydrogen-bond acceptors (Lipinski definition) is 3. The second kappa shape index (κ2) is 7.36. The van der Waals surface area contributed by atoms with Crippen molar-refractivity contribution in [1.82, 2.24) is 4.90 Å². The third kappa shape index (κ3) is 3.90. The lowest BCUT2D eigenvalue weighted by atomic mass is 9.82. The van der Waals surface area contributed by atoms with E-state index >= 15 is 0 Å². The second-order valence-electron chi connectivity index (χ2n) is 6.63. The van der Waals surface area contributed by atoms with Crippen molar-refractivity contribution >= 4 is 17.7 Å². The van der Waals surface area contributed by atoms with Gasteiger partial charge in [0.05, 0.1) is 11.6 Å². The topological polar surface area (TPSA) is 38.8 Å². The number of hydrogen-bond donors (Lipinski definition) is 0. The molecule has 132 valence electrons. The van der Waals surface area contributed by atoms with Gasteiger partial charge in [0.2, 0.25) is 0 Å². The lowest BCUT2D eigenvalue weighted by molar-refractivity contribution is 0.170. The first-order valence-corrected chi connectivity index (χ1v) is 8.72. The summed E-state index contributed by atoms with van der Waals surface area (Å²) in [5.41, 5.74) is 2.36. The fourth-order valence-electron chi connectivity index (χ4n) is 3.04. The van der Waals surface area contributed by atoms with Gasteiger partial charge in [-0.15, -0.1) is 0 Å². The number of ether oxygens (including phenoxy) is 2. The van der Waals surface area contributed by atoms with Gasteiger partial charge in [-0.3, -0.25) is 0 Å². The highest BCUT2D eigenvalue weighted by molar-refractivity contribution is 6.32. The average Bonchev–Trinajstić information content (AvgIpc) is 2.59. The van der Waals surface area contributed by atoms with E-state index in [1.165, 1.54) is 10.5 Å².